The van der Waals surface area contributed by atoms with Gasteiger partial charge in [-0.15, -0.1) is 0 Å². The van der Waals surface area contributed by atoms with Crippen LogP contribution in [-0.4, -0.2) is 18.6 Å². The molecule has 2 N–H and O–H groups in total. The normalized spacial score (nSPS) is 12.3. The summed E-state index contributed by atoms with van der Waals surface area (Å²) in [4.78, 5) is 17.7. The number of aromatic nitrogens is 1. The van der Waals surface area contributed by atoms with Gasteiger partial charge < -0.3 is 14.6 Å². The predicted octanol–water partition coefficient (Wildman–Crippen LogP) is 2.84. The van der Waals surface area contributed by atoms with Crippen LogP contribution < -0.4 is 15.1 Å². The first-order chi connectivity index (χ1) is 12.6. The Kier molecular flexibility index (Phi) is 5.74. The lowest BCUT2D eigenvalue weighted by atomic mass is 10.1. The van der Waals surface area contributed by atoms with Crippen molar-refractivity contribution in [2.45, 2.75) is 33.4 Å². The van der Waals surface area contributed by atoms with E-state index in [0.29, 0.717) is 18.5 Å². The van der Waals surface area contributed by atoms with Gasteiger partial charge in [-0.05, 0) is 31.5 Å². The number of ether oxygens (including phenoxy) is 1. The van der Waals surface area contributed by atoms with Gasteiger partial charge in [-0.25, -0.2) is 0 Å². The molecule has 136 valence electrons. The van der Waals surface area contributed by atoms with Crippen LogP contribution in [0.1, 0.15) is 30.2 Å². The van der Waals surface area contributed by atoms with Crippen LogP contribution in [-0.2, 0) is 13.1 Å². The lowest BCUT2D eigenvalue weighted by Crippen LogP contribution is -3.06. The quantitative estimate of drug-likeness (QED) is 0.688. The molecule has 3 rings (SSSR count). The highest BCUT2D eigenvalue weighted by Crippen LogP contribution is 2.18. The molecule has 0 saturated carbocycles. The number of hydrogen-bond donors (Lipinski definition) is 2. The van der Waals surface area contributed by atoms with Crippen molar-refractivity contribution in [1.82, 2.24) is 4.98 Å². The summed E-state index contributed by atoms with van der Waals surface area (Å²) in [7, 11) is 2.12. The molecule has 3 aromatic rings. The number of quaternary nitrogens is 1. The number of nitrogens with one attached hydrogen (secondary N) is 2. The minimum Gasteiger partial charge on any atom is -0.494 e. The van der Waals surface area contributed by atoms with Crippen molar-refractivity contribution in [3.63, 3.8) is 0 Å². The minimum absolute atomic E-state index is 0.102. The molecule has 2 aromatic carbocycles. The van der Waals surface area contributed by atoms with E-state index in [1.54, 1.807) is 0 Å². The fraction of sp³-hybridized carbons (Fsp3) is 0.318. The van der Waals surface area contributed by atoms with Gasteiger partial charge in [0, 0.05) is 22.2 Å². The largest absolute Gasteiger partial charge is 0.494 e. The second-order valence-electron chi connectivity index (χ2n) is 6.91. The smallest absolute Gasteiger partial charge is 0.198 e. The zero-order chi connectivity index (χ0) is 18.5. The van der Waals surface area contributed by atoms with E-state index in [1.165, 1.54) is 10.5 Å². The average Bonchev–Trinajstić information content (AvgIpc) is 2.64. The van der Waals surface area contributed by atoms with Gasteiger partial charge in [-0.2, -0.15) is 0 Å². The monoisotopic (exact) mass is 351 g/mol. The highest BCUT2D eigenvalue weighted by atomic mass is 16.5. The molecule has 0 spiro atoms. The van der Waals surface area contributed by atoms with Gasteiger partial charge in [-0.1, -0.05) is 37.3 Å². The van der Waals surface area contributed by atoms with Crippen molar-refractivity contribution in [2.75, 3.05) is 13.7 Å². The molecule has 0 fully saturated rings. The molecule has 4 heteroatoms. The molecule has 0 bridgehead atoms. The minimum atomic E-state index is 0.102. The molecular formula is C22H27N2O2+. The van der Waals surface area contributed by atoms with Crippen LogP contribution in [0.25, 0.3) is 10.9 Å². The van der Waals surface area contributed by atoms with Crippen LogP contribution in [0.4, 0.5) is 0 Å². The Morgan fingerprint density at radius 3 is 2.58 bits per heavy atom. The standard InChI is InChI=1S/C22H26N2O2/c1-4-12-26-18-10-11-21-19(13-18)22(25)20(16(2)23-21)15-24(3)14-17-8-6-5-7-9-17/h5-11,13H,4,12,14-15H2,1-3H3,(H,23,25)/p+1. The molecule has 1 unspecified atom stereocenters. The summed E-state index contributed by atoms with van der Waals surface area (Å²) >= 11 is 0. The Hall–Kier alpha value is -2.59. The molecule has 0 aliphatic heterocycles. The van der Waals surface area contributed by atoms with E-state index in [-0.39, 0.29) is 5.43 Å². The molecule has 1 aromatic heterocycles. The summed E-state index contributed by atoms with van der Waals surface area (Å²) in [5, 5.41) is 0.701. The van der Waals surface area contributed by atoms with Gasteiger partial charge >= 0.3 is 0 Å². The predicted molar refractivity (Wildman–Crippen MR) is 106 cm³/mol. The first-order valence-corrected chi connectivity index (χ1v) is 9.22. The van der Waals surface area contributed by atoms with Crippen molar-refractivity contribution in [3.05, 3.63) is 75.6 Å². The third-order valence-electron chi connectivity index (χ3n) is 4.58. The highest BCUT2D eigenvalue weighted by Gasteiger charge is 2.15. The fourth-order valence-corrected chi connectivity index (χ4v) is 3.26. The van der Waals surface area contributed by atoms with E-state index in [9.17, 15) is 4.79 Å². The van der Waals surface area contributed by atoms with Gasteiger partial charge in [0.1, 0.15) is 18.8 Å². The molecule has 0 saturated heterocycles. The van der Waals surface area contributed by atoms with Gasteiger partial charge in [0.25, 0.3) is 0 Å². The number of fused-ring (bicyclic) bond motifs is 1. The number of aromatic amines is 1. The Morgan fingerprint density at radius 1 is 1.08 bits per heavy atom. The molecule has 0 radical (unpaired) electrons. The zero-order valence-corrected chi connectivity index (χ0v) is 15.8. The van der Waals surface area contributed by atoms with Crippen LogP contribution in [0.3, 0.4) is 0 Å². The molecule has 1 heterocycles. The third-order valence-corrected chi connectivity index (χ3v) is 4.58. The van der Waals surface area contributed by atoms with E-state index in [0.717, 1.165) is 35.5 Å². The van der Waals surface area contributed by atoms with Crippen LogP contribution in [0.15, 0.2) is 53.3 Å². The average molecular weight is 351 g/mol. The number of rotatable bonds is 7. The summed E-state index contributed by atoms with van der Waals surface area (Å²) in [6, 6.07) is 16.1. The number of pyridine rings is 1. The highest BCUT2D eigenvalue weighted by molar-refractivity contribution is 5.81. The maximum Gasteiger partial charge on any atom is 0.198 e. The molecular weight excluding hydrogens is 324 g/mol. The van der Waals surface area contributed by atoms with Gasteiger partial charge in [0.15, 0.2) is 5.43 Å². The lowest BCUT2D eigenvalue weighted by molar-refractivity contribution is -0.907. The van der Waals surface area contributed by atoms with Crippen LogP contribution in [0.2, 0.25) is 0 Å². The molecule has 26 heavy (non-hydrogen) atoms. The number of H-pyrrole nitrogens is 1. The van der Waals surface area contributed by atoms with E-state index < -0.39 is 0 Å². The second-order valence-corrected chi connectivity index (χ2v) is 6.91. The molecule has 0 aliphatic carbocycles. The van der Waals surface area contributed by atoms with E-state index in [2.05, 4.69) is 43.2 Å². The zero-order valence-electron chi connectivity index (χ0n) is 15.8. The Balaban J connectivity index is 1.88. The summed E-state index contributed by atoms with van der Waals surface area (Å²) < 4.78 is 5.69. The number of aryl methyl sites for hydroxylation is 1. The van der Waals surface area contributed by atoms with Crippen molar-refractivity contribution >= 4 is 10.9 Å². The maximum atomic E-state index is 13.1. The Bertz CT molecular complexity index is 932. The van der Waals surface area contributed by atoms with Gasteiger partial charge in [-0.3, -0.25) is 4.79 Å². The van der Waals surface area contributed by atoms with E-state index in [1.807, 2.05) is 31.2 Å². The summed E-state index contributed by atoms with van der Waals surface area (Å²) in [6.07, 6.45) is 0.946. The molecule has 4 nitrogen and oxygen atoms in total. The number of benzene rings is 2. The van der Waals surface area contributed by atoms with E-state index >= 15 is 0 Å². The first kappa shape index (κ1) is 18.2. The summed E-state index contributed by atoms with van der Waals surface area (Å²) in [5.74, 6) is 0.754. The van der Waals surface area contributed by atoms with Crippen molar-refractivity contribution in [3.8, 4) is 5.75 Å². The van der Waals surface area contributed by atoms with Crippen LogP contribution >= 0.6 is 0 Å². The molecule has 0 aliphatic rings. The topological polar surface area (TPSA) is 46.5 Å². The molecule has 1 atom stereocenters. The SMILES string of the molecule is CCCOc1ccc2[nH]c(C)c(C[NH+](C)Cc3ccccc3)c(=O)c2c1. The fourth-order valence-electron chi connectivity index (χ4n) is 3.26. The van der Waals surface area contributed by atoms with Crippen molar-refractivity contribution < 1.29 is 9.64 Å². The third kappa shape index (κ3) is 4.14. The van der Waals surface area contributed by atoms with Gasteiger partial charge in [0.05, 0.1) is 19.2 Å². The summed E-state index contributed by atoms with van der Waals surface area (Å²) in [6.45, 7) is 6.28. The van der Waals surface area contributed by atoms with Crippen molar-refractivity contribution in [2.24, 2.45) is 0 Å². The Morgan fingerprint density at radius 2 is 1.85 bits per heavy atom. The van der Waals surface area contributed by atoms with Crippen LogP contribution in [0.5, 0.6) is 5.75 Å². The van der Waals surface area contributed by atoms with Gasteiger partial charge in [0.2, 0.25) is 0 Å². The van der Waals surface area contributed by atoms with Crippen LogP contribution in [0, 0.1) is 6.92 Å². The maximum absolute atomic E-state index is 13.1. The Labute approximate surface area is 154 Å². The second kappa shape index (κ2) is 8.19. The number of hydrogen-bond acceptors (Lipinski definition) is 2. The molecule has 0 amide bonds. The lowest BCUT2D eigenvalue weighted by Gasteiger charge is -2.16. The summed E-state index contributed by atoms with van der Waals surface area (Å²) in [5.41, 5.74) is 4.03. The first-order valence-electron chi connectivity index (χ1n) is 9.22. The van der Waals surface area contributed by atoms with E-state index in [4.69, 9.17) is 4.74 Å². The van der Waals surface area contributed by atoms with Crippen molar-refractivity contribution in [1.29, 1.82) is 0 Å².